The topological polar surface area (TPSA) is 35.2 Å². The molecule has 1 aromatic carbocycles. The number of nitrogens with two attached hydrogens (primary N) is 1. The van der Waals surface area contributed by atoms with Crippen LogP contribution < -0.4 is 5.73 Å². The summed E-state index contributed by atoms with van der Waals surface area (Å²) >= 11 is 0. The first-order chi connectivity index (χ1) is 8.24. The van der Waals surface area contributed by atoms with Gasteiger partial charge in [0.1, 0.15) is 0 Å². The third kappa shape index (κ3) is 5.73. The van der Waals surface area contributed by atoms with Crippen LogP contribution in [0.2, 0.25) is 0 Å². The van der Waals surface area contributed by atoms with Crippen LogP contribution >= 0.6 is 0 Å². The van der Waals surface area contributed by atoms with Gasteiger partial charge in [-0.05, 0) is 19.4 Å². The van der Waals surface area contributed by atoms with Crippen LogP contribution in [0, 0.1) is 0 Å². The minimum Gasteiger partial charge on any atom is -0.398 e. The first kappa shape index (κ1) is 14.0. The lowest BCUT2D eigenvalue weighted by atomic mass is 10.1. The molecule has 1 atom stereocenters. The fraction of sp³-hybridized carbons (Fsp3) is 0.600. The quantitative estimate of drug-likeness (QED) is 0.543. The molecule has 2 nitrogen and oxygen atoms in total. The Morgan fingerprint density at radius 2 is 1.94 bits per heavy atom. The number of anilines is 1. The number of nitrogen functional groups attached to an aromatic ring is 1. The van der Waals surface area contributed by atoms with Gasteiger partial charge in [-0.25, -0.2) is 0 Å². The average molecular weight is 235 g/mol. The summed E-state index contributed by atoms with van der Waals surface area (Å²) < 4.78 is 5.81. The molecule has 2 heteroatoms. The largest absolute Gasteiger partial charge is 0.398 e. The van der Waals surface area contributed by atoms with Gasteiger partial charge in [0.05, 0.1) is 12.7 Å². The summed E-state index contributed by atoms with van der Waals surface area (Å²) in [5.41, 5.74) is 7.78. The van der Waals surface area contributed by atoms with Crippen molar-refractivity contribution in [1.82, 2.24) is 0 Å². The molecule has 0 saturated heterocycles. The van der Waals surface area contributed by atoms with E-state index < -0.39 is 0 Å². The number of rotatable bonds is 8. The zero-order valence-electron chi connectivity index (χ0n) is 11.1. The van der Waals surface area contributed by atoms with Crippen LogP contribution in [0.4, 0.5) is 5.69 Å². The zero-order chi connectivity index (χ0) is 12.5. The Bertz CT molecular complexity index is 312. The number of unbranched alkanes of at least 4 members (excludes halogenated alkanes) is 3. The summed E-state index contributed by atoms with van der Waals surface area (Å²) in [5, 5.41) is 0. The van der Waals surface area contributed by atoms with Crippen LogP contribution in [0.15, 0.2) is 24.3 Å². The van der Waals surface area contributed by atoms with E-state index in [1.807, 2.05) is 24.3 Å². The van der Waals surface area contributed by atoms with Gasteiger partial charge in [-0.2, -0.15) is 0 Å². The fourth-order valence-electron chi connectivity index (χ4n) is 1.84. The maximum absolute atomic E-state index is 5.87. The van der Waals surface area contributed by atoms with Gasteiger partial charge in [0, 0.05) is 11.3 Å². The Hall–Kier alpha value is -1.02. The van der Waals surface area contributed by atoms with Crippen molar-refractivity contribution in [2.75, 3.05) is 5.73 Å². The molecule has 0 aliphatic heterocycles. The van der Waals surface area contributed by atoms with Gasteiger partial charge in [0.25, 0.3) is 0 Å². The first-order valence-corrected chi connectivity index (χ1v) is 6.69. The maximum atomic E-state index is 5.87. The molecule has 96 valence electrons. The molecule has 0 fully saturated rings. The van der Waals surface area contributed by atoms with Gasteiger partial charge in [-0.1, -0.05) is 50.8 Å². The van der Waals surface area contributed by atoms with E-state index >= 15 is 0 Å². The lowest BCUT2D eigenvalue weighted by Crippen LogP contribution is -2.09. The van der Waals surface area contributed by atoms with Gasteiger partial charge >= 0.3 is 0 Å². The first-order valence-electron chi connectivity index (χ1n) is 6.69. The van der Waals surface area contributed by atoms with Crippen LogP contribution in [0.25, 0.3) is 0 Å². The minimum atomic E-state index is 0.325. The minimum absolute atomic E-state index is 0.325. The lowest BCUT2D eigenvalue weighted by Gasteiger charge is -2.13. The Morgan fingerprint density at radius 3 is 2.65 bits per heavy atom. The molecule has 17 heavy (non-hydrogen) atoms. The molecular formula is C15H25NO. The number of benzene rings is 1. The van der Waals surface area contributed by atoms with E-state index in [0.29, 0.717) is 12.7 Å². The van der Waals surface area contributed by atoms with Crippen molar-refractivity contribution in [3.8, 4) is 0 Å². The summed E-state index contributed by atoms with van der Waals surface area (Å²) in [4.78, 5) is 0. The van der Waals surface area contributed by atoms with Crippen LogP contribution in [-0.2, 0) is 11.3 Å². The van der Waals surface area contributed by atoms with Crippen LogP contribution in [0.3, 0.4) is 0 Å². The van der Waals surface area contributed by atoms with Crippen molar-refractivity contribution < 1.29 is 4.74 Å². The van der Waals surface area contributed by atoms with E-state index in [2.05, 4.69) is 13.8 Å². The number of ether oxygens (including phenoxy) is 1. The van der Waals surface area contributed by atoms with Crippen molar-refractivity contribution in [3.63, 3.8) is 0 Å². The van der Waals surface area contributed by atoms with Crippen molar-refractivity contribution in [3.05, 3.63) is 29.8 Å². The highest BCUT2D eigenvalue weighted by molar-refractivity contribution is 5.45. The molecule has 0 radical (unpaired) electrons. The van der Waals surface area contributed by atoms with E-state index in [4.69, 9.17) is 10.5 Å². The predicted molar refractivity (Wildman–Crippen MR) is 73.9 cm³/mol. The summed E-state index contributed by atoms with van der Waals surface area (Å²) in [7, 11) is 0. The van der Waals surface area contributed by atoms with Crippen molar-refractivity contribution in [2.45, 2.75) is 58.7 Å². The van der Waals surface area contributed by atoms with Gasteiger partial charge in [0.2, 0.25) is 0 Å². The summed E-state index contributed by atoms with van der Waals surface area (Å²) in [6.45, 7) is 5.00. The second-order valence-electron chi connectivity index (χ2n) is 4.67. The second-order valence-corrected chi connectivity index (χ2v) is 4.67. The fourth-order valence-corrected chi connectivity index (χ4v) is 1.84. The number of para-hydroxylation sites is 1. The van der Waals surface area contributed by atoms with Gasteiger partial charge in [-0.15, -0.1) is 0 Å². The van der Waals surface area contributed by atoms with Crippen molar-refractivity contribution in [2.24, 2.45) is 0 Å². The molecule has 0 aliphatic rings. The Morgan fingerprint density at radius 1 is 1.18 bits per heavy atom. The highest BCUT2D eigenvalue weighted by Crippen LogP contribution is 2.14. The molecule has 0 spiro atoms. The Balaban J connectivity index is 2.19. The Labute approximate surface area is 105 Å². The molecule has 2 N–H and O–H groups in total. The van der Waals surface area contributed by atoms with E-state index in [-0.39, 0.29) is 0 Å². The molecule has 1 aromatic rings. The summed E-state index contributed by atoms with van der Waals surface area (Å²) in [6, 6.07) is 7.90. The lowest BCUT2D eigenvalue weighted by molar-refractivity contribution is 0.0462. The highest BCUT2D eigenvalue weighted by atomic mass is 16.5. The molecule has 1 rings (SSSR count). The second kappa shape index (κ2) is 8.13. The molecule has 0 saturated carbocycles. The Kier molecular flexibility index (Phi) is 6.71. The van der Waals surface area contributed by atoms with Crippen LogP contribution in [-0.4, -0.2) is 6.10 Å². The third-order valence-electron chi connectivity index (χ3n) is 3.04. The van der Waals surface area contributed by atoms with Gasteiger partial charge in [0.15, 0.2) is 0 Å². The van der Waals surface area contributed by atoms with Crippen molar-refractivity contribution in [1.29, 1.82) is 0 Å². The molecule has 0 aromatic heterocycles. The molecule has 0 amide bonds. The predicted octanol–water partition coefficient (Wildman–Crippen LogP) is 4.14. The van der Waals surface area contributed by atoms with Crippen molar-refractivity contribution >= 4 is 5.69 Å². The van der Waals surface area contributed by atoms with Gasteiger partial charge < -0.3 is 10.5 Å². The maximum Gasteiger partial charge on any atom is 0.0740 e. The van der Waals surface area contributed by atoms with E-state index in [9.17, 15) is 0 Å². The van der Waals surface area contributed by atoms with E-state index in [1.54, 1.807) is 0 Å². The smallest absolute Gasteiger partial charge is 0.0740 e. The van der Waals surface area contributed by atoms with E-state index in [1.165, 1.54) is 25.7 Å². The van der Waals surface area contributed by atoms with E-state index in [0.717, 1.165) is 17.7 Å². The molecular weight excluding hydrogens is 210 g/mol. The molecule has 0 bridgehead atoms. The normalized spacial score (nSPS) is 12.6. The highest BCUT2D eigenvalue weighted by Gasteiger charge is 2.04. The summed E-state index contributed by atoms with van der Waals surface area (Å²) in [6.07, 6.45) is 6.67. The number of hydrogen-bond acceptors (Lipinski definition) is 2. The van der Waals surface area contributed by atoms with Gasteiger partial charge in [-0.3, -0.25) is 0 Å². The molecule has 0 heterocycles. The molecule has 0 aliphatic carbocycles. The zero-order valence-corrected chi connectivity index (χ0v) is 11.1. The SMILES string of the molecule is CCCCCCC(C)OCc1ccccc1N. The van der Waals surface area contributed by atoms with Crippen LogP contribution in [0.5, 0.6) is 0 Å². The summed E-state index contributed by atoms with van der Waals surface area (Å²) in [5.74, 6) is 0. The third-order valence-corrected chi connectivity index (χ3v) is 3.04. The average Bonchev–Trinajstić information content (AvgIpc) is 2.34. The monoisotopic (exact) mass is 235 g/mol. The number of hydrogen-bond donors (Lipinski definition) is 1. The van der Waals surface area contributed by atoms with Crippen LogP contribution in [0.1, 0.15) is 51.5 Å². The molecule has 1 unspecified atom stereocenters. The standard InChI is InChI=1S/C15H25NO/c1-3-4-5-6-9-13(2)17-12-14-10-7-8-11-15(14)16/h7-8,10-11,13H,3-6,9,12,16H2,1-2H3.